The highest BCUT2D eigenvalue weighted by atomic mass is 32.2. The maximum atomic E-state index is 13.7. The van der Waals surface area contributed by atoms with E-state index in [1.54, 1.807) is 6.92 Å². The summed E-state index contributed by atoms with van der Waals surface area (Å²) in [5.74, 6) is -0.0885. The van der Waals surface area contributed by atoms with Gasteiger partial charge in [0.15, 0.2) is 5.82 Å². The van der Waals surface area contributed by atoms with Crippen LogP contribution in [0.5, 0.6) is 0 Å². The molecule has 1 aromatic carbocycles. The molecule has 0 saturated carbocycles. The zero-order chi connectivity index (χ0) is 15.6. The Hall–Kier alpha value is -1.84. The first-order chi connectivity index (χ1) is 9.83. The van der Waals surface area contributed by atoms with Crippen LogP contribution in [0.1, 0.15) is 22.8 Å². The fourth-order valence-electron chi connectivity index (χ4n) is 1.75. The van der Waals surface area contributed by atoms with Gasteiger partial charge < -0.3 is 10.3 Å². The molecule has 0 saturated heterocycles. The van der Waals surface area contributed by atoms with Crippen LogP contribution in [0.25, 0.3) is 0 Å². The van der Waals surface area contributed by atoms with Gasteiger partial charge in [-0.05, 0) is 24.6 Å². The number of nitrogens with two attached hydrogens (primary N) is 1. The van der Waals surface area contributed by atoms with Crippen molar-refractivity contribution in [1.82, 2.24) is 14.9 Å². The number of hydrogen-bond acceptors (Lipinski definition) is 6. The van der Waals surface area contributed by atoms with E-state index in [1.807, 2.05) is 0 Å². The minimum absolute atomic E-state index is 0.0315. The number of aromatic nitrogens is 2. The number of benzene rings is 1. The average Bonchev–Trinajstić information content (AvgIpc) is 2.85. The van der Waals surface area contributed by atoms with Gasteiger partial charge in [-0.15, -0.1) is 0 Å². The molecular weight excluding hydrogens is 299 g/mol. The Labute approximate surface area is 121 Å². The van der Waals surface area contributed by atoms with Gasteiger partial charge in [-0.3, -0.25) is 0 Å². The standard InChI is InChI=1S/C12H15FN4O3S/c1-7-10(13)3-9(5-14)4-11(7)21(18,19)15-6-12-16-8(2)20-17-12/h3-4,15H,5-6,14H2,1-2H3. The summed E-state index contributed by atoms with van der Waals surface area (Å²) in [5.41, 5.74) is 5.86. The van der Waals surface area contributed by atoms with Gasteiger partial charge in [-0.25, -0.2) is 17.5 Å². The maximum absolute atomic E-state index is 13.7. The van der Waals surface area contributed by atoms with E-state index in [-0.39, 0.29) is 29.4 Å². The number of rotatable bonds is 5. The molecule has 0 amide bonds. The van der Waals surface area contributed by atoms with Crippen molar-refractivity contribution in [3.63, 3.8) is 0 Å². The van der Waals surface area contributed by atoms with E-state index in [9.17, 15) is 12.8 Å². The third-order valence-electron chi connectivity index (χ3n) is 2.87. The van der Waals surface area contributed by atoms with Gasteiger partial charge >= 0.3 is 0 Å². The first-order valence-corrected chi connectivity index (χ1v) is 7.59. The summed E-state index contributed by atoms with van der Waals surface area (Å²) in [6, 6.07) is 2.57. The molecule has 3 N–H and O–H groups in total. The van der Waals surface area contributed by atoms with Crippen LogP contribution in [0.3, 0.4) is 0 Å². The molecule has 0 unspecified atom stereocenters. The summed E-state index contributed by atoms with van der Waals surface area (Å²) in [6.45, 7) is 2.88. The van der Waals surface area contributed by atoms with E-state index in [0.717, 1.165) is 0 Å². The SMILES string of the molecule is Cc1nc(CNS(=O)(=O)c2cc(CN)cc(F)c2C)no1. The van der Waals surface area contributed by atoms with Gasteiger partial charge in [-0.1, -0.05) is 5.16 Å². The average molecular weight is 314 g/mol. The monoisotopic (exact) mass is 314 g/mol. The molecule has 1 aromatic heterocycles. The van der Waals surface area contributed by atoms with E-state index in [0.29, 0.717) is 11.5 Å². The van der Waals surface area contributed by atoms with E-state index in [2.05, 4.69) is 14.9 Å². The molecule has 21 heavy (non-hydrogen) atoms. The van der Waals surface area contributed by atoms with Crippen LogP contribution in [0.4, 0.5) is 4.39 Å². The molecule has 0 fully saturated rings. The molecule has 9 heteroatoms. The predicted octanol–water partition coefficient (Wildman–Crippen LogP) is 0.763. The molecule has 0 atom stereocenters. The quantitative estimate of drug-likeness (QED) is 0.843. The maximum Gasteiger partial charge on any atom is 0.241 e. The Morgan fingerprint density at radius 2 is 2.10 bits per heavy atom. The van der Waals surface area contributed by atoms with Gasteiger partial charge in [0, 0.05) is 19.0 Å². The topological polar surface area (TPSA) is 111 Å². The van der Waals surface area contributed by atoms with Gasteiger partial charge in [0.1, 0.15) is 5.82 Å². The van der Waals surface area contributed by atoms with Crippen molar-refractivity contribution >= 4 is 10.0 Å². The lowest BCUT2D eigenvalue weighted by molar-refractivity contribution is 0.387. The smallest absolute Gasteiger partial charge is 0.241 e. The lowest BCUT2D eigenvalue weighted by atomic mass is 10.1. The lowest BCUT2D eigenvalue weighted by Gasteiger charge is -2.10. The fourth-order valence-corrected chi connectivity index (χ4v) is 3.04. The Morgan fingerprint density at radius 1 is 1.38 bits per heavy atom. The number of aryl methyl sites for hydroxylation is 1. The van der Waals surface area contributed by atoms with Crippen LogP contribution >= 0.6 is 0 Å². The summed E-state index contributed by atoms with van der Waals surface area (Å²) in [4.78, 5) is 3.73. The first kappa shape index (κ1) is 15.5. The largest absolute Gasteiger partial charge is 0.340 e. The summed E-state index contributed by atoms with van der Waals surface area (Å²) in [7, 11) is -3.90. The minimum Gasteiger partial charge on any atom is -0.340 e. The third kappa shape index (κ3) is 3.43. The van der Waals surface area contributed by atoms with Crippen molar-refractivity contribution in [1.29, 1.82) is 0 Å². The third-order valence-corrected chi connectivity index (χ3v) is 4.40. The number of hydrogen-bond donors (Lipinski definition) is 2. The van der Waals surface area contributed by atoms with E-state index < -0.39 is 15.8 Å². The van der Waals surface area contributed by atoms with Crippen LogP contribution in [-0.2, 0) is 23.1 Å². The highest BCUT2D eigenvalue weighted by Crippen LogP contribution is 2.20. The molecule has 0 aliphatic rings. The highest BCUT2D eigenvalue weighted by Gasteiger charge is 2.20. The predicted molar refractivity (Wildman–Crippen MR) is 72.1 cm³/mol. The van der Waals surface area contributed by atoms with Crippen molar-refractivity contribution in [2.75, 3.05) is 0 Å². The Kier molecular flexibility index (Phi) is 4.35. The van der Waals surface area contributed by atoms with E-state index >= 15 is 0 Å². The second kappa shape index (κ2) is 5.88. The fraction of sp³-hybridized carbons (Fsp3) is 0.333. The van der Waals surface area contributed by atoms with E-state index in [4.69, 9.17) is 10.3 Å². The molecule has 0 bridgehead atoms. The Balaban J connectivity index is 2.29. The second-order valence-electron chi connectivity index (χ2n) is 4.46. The number of nitrogens with one attached hydrogen (secondary N) is 1. The molecule has 0 radical (unpaired) electrons. The summed E-state index contributed by atoms with van der Waals surface area (Å²) < 4.78 is 45.3. The van der Waals surface area contributed by atoms with Crippen molar-refractivity contribution in [2.45, 2.75) is 31.8 Å². The molecular formula is C12H15FN4O3S. The summed E-state index contributed by atoms with van der Waals surface area (Å²) >= 11 is 0. The van der Waals surface area contributed by atoms with Crippen molar-refractivity contribution in [3.8, 4) is 0 Å². The van der Waals surface area contributed by atoms with Gasteiger partial charge in [0.25, 0.3) is 0 Å². The van der Waals surface area contributed by atoms with Gasteiger partial charge in [0.2, 0.25) is 15.9 Å². The molecule has 2 aromatic rings. The molecule has 0 aliphatic heterocycles. The zero-order valence-corrected chi connectivity index (χ0v) is 12.4. The van der Waals surface area contributed by atoms with Gasteiger partial charge in [0.05, 0.1) is 11.4 Å². The van der Waals surface area contributed by atoms with Crippen molar-refractivity contribution in [3.05, 3.63) is 40.8 Å². The van der Waals surface area contributed by atoms with Crippen molar-refractivity contribution < 1.29 is 17.3 Å². The van der Waals surface area contributed by atoms with Crippen LogP contribution < -0.4 is 10.5 Å². The molecule has 2 rings (SSSR count). The zero-order valence-electron chi connectivity index (χ0n) is 11.6. The second-order valence-corrected chi connectivity index (χ2v) is 6.19. The number of halogens is 1. The Bertz CT molecular complexity index is 758. The number of nitrogens with zero attached hydrogens (tertiary/aromatic N) is 2. The van der Waals surface area contributed by atoms with Crippen LogP contribution in [0.15, 0.2) is 21.6 Å². The van der Waals surface area contributed by atoms with Crippen LogP contribution in [0.2, 0.25) is 0 Å². The Morgan fingerprint density at radius 3 is 2.67 bits per heavy atom. The van der Waals surface area contributed by atoms with Crippen molar-refractivity contribution in [2.24, 2.45) is 5.73 Å². The molecule has 114 valence electrons. The lowest BCUT2D eigenvalue weighted by Crippen LogP contribution is -2.25. The summed E-state index contributed by atoms with van der Waals surface area (Å²) in [5, 5.41) is 3.58. The summed E-state index contributed by atoms with van der Waals surface area (Å²) in [6.07, 6.45) is 0. The minimum atomic E-state index is -3.90. The van der Waals surface area contributed by atoms with Crippen LogP contribution in [0, 0.1) is 19.7 Å². The first-order valence-electron chi connectivity index (χ1n) is 6.11. The van der Waals surface area contributed by atoms with Crippen LogP contribution in [-0.4, -0.2) is 18.6 Å². The molecule has 1 heterocycles. The molecule has 7 nitrogen and oxygen atoms in total. The molecule has 0 spiro atoms. The van der Waals surface area contributed by atoms with E-state index in [1.165, 1.54) is 19.1 Å². The molecule has 0 aliphatic carbocycles. The number of sulfonamides is 1. The highest BCUT2D eigenvalue weighted by molar-refractivity contribution is 7.89. The van der Waals surface area contributed by atoms with Gasteiger partial charge in [-0.2, -0.15) is 4.98 Å². The normalized spacial score (nSPS) is 11.8.